The van der Waals surface area contributed by atoms with E-state index in [1.54, 1.807) is 13.2 Å². The number of hydrogen-bond acceptors (Lipinski definition) is 3. The van der Waals surface area contributed by atoms with Crippen LogP contribution in [0.25, 0.3) is 11.1 Å². The van der Waals surface area contributed by atoms with Crippen LogP contribution in [0.1, 0.15) is 22.7 Å². The van der Waals surface area contributed by atoms with E-state index in [4.69, 9.17) is 33.7 Å². The van der Waals surface area contributed by atoms with Gasteiger partial charge in [-0.05, 0) is 47.4 Å². The van der Waals surface area contributed by atoms with Crippen LogP contribution in [0.2, 0.25) is 10.0 Å². The second kappa shape index (κ2) is 9.09. The van der Waals surface area contributed by atoms with E-state index in [9.17, 15) is 0 Å². The lowest BCUT2D eigenvalue weighted by Gasteiger charge is -2.15. The molecule has 1 aromatic heterocycles. The molecule has 4 rings (SSSR count). The highest BCUT2D eigenvalue weighted by molar-refractivity contribution is 7.13. The van der Waals surface area contributed by atoms with Gasteiger partial charge in [0.2, 0.25) is 0 Å². The van der Waals surface area contributed by atoms with Crippen LogP contribution in [0.4, 0.5) is 5.13 Å². The summed E-state index contributed by atoms with van der Waals surface area (Å²) in [5.41, 5.74) is 11.5. The molecule has 0 fully saturated rings. The Hall–Kier alpha value is -2.53. The number of aromatic amines is 1. The van der Waals surface area contributed by atoms with Crippen molar-refractivity contribution in [2.45, 2.75) is 12.3 Å². The molecule has 0 spiro atoms. The lowest BCUT2D eigenvalue weighted by molar-refractivity contribution is -0.368. The van der Waals surface area contributed by atoms with Crippen LogP contribution in [0, 0.1) is 0 Å². The van der Waals surface area contributed by atoms with Gasteiger partial charge in [-0.3, -0.25) is 5.73 Å². The van der Waals surface area contributed by atoms with Crippen LogP contribution >= 0.6 is 34.5 Å². The van der Waals surface area contributed by atoms with Crippen molar-refractivity contribution in [1.82, 2.24) is 0 Å². The van der Waals surface area contributed by atoms with Gasteiger partial charge in [-0.2, -0.15) is 0 Å². The zero-order valence-corrected chi connectivity index (χ0v) is 18.7. The summed E-state index contributed by atoms with van der Waals surface area (Å²) in [6.45, 7) is 0. The molecule has 30 heavy (non-hydrogen) atoms. The van der Waals surface area contributed by atoms with E-state index in [1.165, 1.54) is 22.5 Å². The monoisotopic (exact) mass is 455 g/mol. The predicted molar refractivity (Wildman–Crippen MR) is 126 cm³/mol. The van der Waals surface area contributed by atoms with Gasteiger partial charge in [0.15, 0.2) is 0 Å². The number of anilines is 1. The Kier molecular flexibility index (Phi) is 6.28. The van der Waals surface area contributed by atoms with Crippen LogP contribution in [0.5, 0.6) is 5.75 Å². The summed E-state index contributed by atoms with van der Waals surface area (Å²) in [7, 11) is 1.67. The van der Waals surface area contributed by atoms with Gasteiger partial charge in [-0.1, -0.05) is 77.0 Å². The third-order valence-corrected chi connectivity index (χ3v) is 6.39. The molecule has 0 saturated carbocycles. The average molecular weight is 456 g/mol. The molecule has 0 saturated heterocycles. The van der Waals surface area contributed by atoms with Gasteiger partial charge in [0, 0.05) is 21.0 Å². The summed E-state index contributed by atoms with van der Waals surface area (Å²) in [6, 6.07) is 22.2. The van der Waals surface area contributed by atoms with Crippen LogP contribution in [-0.4, -0.2) is 7.11 Å². The van der Waals surface area contributed by atoms with Crippen molar-refractivity contribution in [3.05, 3.63) is 99.0 Å². The number of methoxy groups -OCH3 is 1. The van der Waals surface area contributed by atoms with Crippen molar-refractivity contribution >= 4 is 39.7 Å². The SMILES string of the molecule is COc1ccc([C@H](Cc2ccc(-c3ccc(Cl)cc3Cl)cc2)c2csc(N)[nH+]2)cc1. The Labute approximate surface area is 190 Å². The molecule has 0 unspecified atom stereocenters. The normalized spacial score (nSPS) is 12.0. The molecule has 0 aliphatic carbocycles. The maximum absolute atomic E-state index is 6.37. The Balaban J connectivity index is 1.62. The standard InChI is InChI=1S/C24H20Cl2N2OS/c1-29-19-9-6-17(7-10-19)21(23-14-30-24(27)28-23)12-15-2-4-16(5-3-15)20-11-8-18(25)13-22(20)26/h2-11,13-14,21H,12H2,1H3,(H2,27,28)/p+1/t21-/m0/s1. The van der Waals surface area contributed by atoms with Gasteiger partial charge in [0.05, 0.1) is 13.0 Å². The van der Waals surface area contributed by atoms with Gasteiger partial charge in [-0.25, -0.2) is 4.98 Å². The van der Waals surface area contributed by atoms with Gasteiger partial charge in [0.25, 0.3) is 0 Å². The van der Waals surface area contributed by atoms with Gasteiger partial charge in [0.1, 0.15) is 11.4 Å². The molecule has 152 valence electrons. The second-order valence-corrected chi connectivity index (χ2v) is 8.79. The van der Waals surface area contributed by atoms with Crippen molar-refractivity contribution in [2.75, 3.05) is 12.8 Å². The van der Waals surface area contributed by atoms with E-state index in [2.05, 4.69) is 46.8 Å². The van der Waals surface area contributed by atoms with Crippen molar-refractivity contribution in [3.63, 3.8) is 0 Å². The first-order chi connectivity index (χ1) is 14.5. The number of H-pyrrole nitrogens is 1. The Bertz CT molecular complexity index is 1140. The molecule has 0 bridgehead atoms. The van der Waals surface area contributed by atoms with Gasteiger partial charge in [-0.15, -0.1) is 0 Å². The fourth-order valence-corrected chi connectivity index (χ4v) is 4.69. The maximum Gasteiger partial charge on any atom is 0.329 e. The molecule has 1 heterocycles. The minimum Gasteiger partial charge on any atom is -0.497 e. The number of nitrogen functional groups attached to an aromatic ring is 1. The molecule has 0 aliphatic rings. The van der Waals surface area contributed by atoms with Crippen molar-refractivity contribution in [3.8, 4) is 16.9 Å². The molecule has 0 amide bonds. The highest BCUT2D eigenvalue weighted by Gasteiger charge is 2.20. The molecule has 3 aromatic carbocycles. The summed E-state index contributed by atoms with van der Waals surface area (Å²) in [5.74, 6) is 1.00. The number of ether oxygens (including phenoxy) is 1. The Morgan fingerprint density at radius 2 is 1.73 bits per heavy atom. The van der Waals surface area contributed by atoms with E-state index in [1.807, 2.05) is 24.3 Å². The maximum atomic E-state index is 6.37. The number of aromatic nitrogens is 1. The zero-order valence-electron chi connectivity index (χ0n) is 16.4. The number of nitrogens with one attached hydrogen (secondary N) is 1. The smallest absolute Gasteiger partial charge is 0.329 e. The number of halogens is 2. The largest absolute Gasteiger partial charge is 0.497 e. The summed E-state index contributed by atoms with van der Waals surface area (Å²) in [4.78, 5) is 3.31. The average Bonchev–Trinajstić information content (AvgIpc) is 3.19. The van der Waals surface area contributed by atoms with E-state index in [-0.39, 0.29) is 5.92 Å². The van der Waals surface area contributed by atoms with Crippen LogP contribution < -0.4 is 15.5 Å². The number of hydrogen-bond donors (Lipinski definition) is 1. The number of nitrogens with two attached hydrogens (primary N) is 1. The number of rotatable bonds is 6. The zero-order chi connectivity index (χ0) is 21.1. The van der Waals surface area contributed by atoms with Crippen LogP contribution in [-0.2, 0) is 6.42 Å². The minimum atomic E-state index is 0.162. The molecule has 6 heteroatoms. The third-order valence-electron chi connectivity index (χ3n) is 5.11. The topological polar surface area (TPSA) is 49.4 Å². The Morgan fingerprint density at radius 1 is 1.00 bits per heavy atom. The lowest BCUT2D eigenvalue weighted by Crippen LogP contribution is -2.17. The summed E-state index contributed by atoms with van der Waals surface area (Å²) in [6.07, 6.45) is 0.841. The molecule has 3 nitrogen and oxygen atoms in total. The van der Waals surface area contributed by atoms with Crippen molar-refractivity contribution in [2.24, 2.45) is 0 Å². The molecule has 0 aliphatic heterocycles. The van der Waals surface area contributed by atoms with Crippen LogP contribution in [0.3, 0.4) is 0 Å². The summed E-state index contributed by atoms with van der Waals surface area (Å²) in [5, 5.41) is 4.08. The first-order valence-electron chi connectivity index (χ1n) is 9.48. The fourth-order valence-electron chi connectivity index (χ4n) is 3.52. The number of benzene rings is 3. The van der Waals surface area contributed by atoms with Gasteiger partial charge < -0.3 is 4.74 Å². The molecular formula is C24H21Cl2N2OS+. The molecule has 4 aromatic rings. The number of thiazole rings is 1. The highest BCUT2D eigenvalue weighted by Crippen LogP contribution is 2.33. The summed E-state index contributed by atoms with van der Waals surface area (Å²) < 4.78 is 5.30. The minimum absolute atomic E-state index is 0.162. The first kappa shape index (κ1) is 20.7. The first-order valence-corrected chi connectivity index (χ1v) is 11.1. The third kappa shape index (κ3) is 4.62. The van der Waals surface area contributed by atoms with Crippen LogP contribution in [0.15, 0.2) is 72.1 Å². The second-order valence-electron chi connectivity index (χ2n) is 7.03. The quantitative estimate of drug-likeness (QED) is 0.360. The van der Waals surface area contributed by atoms with E-state index in [0.717, 1.165) is 29.0 Å². The molecule has 3 N–H and O–H groups in total. The van der Waals surface area contributed by atoms with Gasteiger partial charge >= 0.3 is 5.13 Å². The highest BCUT2D eigenvalue weighted by atomic mass is 35.5. The molecule has 0 radical (unpaired) electrons. The Morgan fingerprint density at radius 3 is 2.33 bits per heavy atom. The molecule has 1 atom stereocenters. The summed E-state index contributed by atoms with van der Waals surface area (Å²) >= 11 is 13.9. The lowest BCUT2D eigenvalue weighted by atomic mass is 9.89. The van der Waals surface area contributed by atoms with Crippen molar-refractivity contribution < 1.29 is 9.72 Å². The van der Waals surface area contributed by atoms with E-state index < -0.39 is 0 Å². The fraction of sp³-hybridized carbons (Fsp3) is 0.125. The van der Waals surface area contributed by atoms with E-state index >= 15 is 0 Å². The predicted octanol–water partition coefficient (Wildman–Crippen LogP) is 6.50. The van der Waals surface area contributed by atoms with Crippen molar-refractivity contribution in [1.29, 1.82) is 0 Å². The van der Waals surface area contributed by atoms with E-state index in [0.29, 0.717) is 15.2 Å². The molecular weight excluding hydrogens is 435 g/mol.